The number of fused-ring (bicyclic) bond motifs is 1. The smallest absolute Gasteiger partial charge is 0.248 e. The monoisotopic (exact) mass is 285 g/mol. The summed E-state index contributed by atoms with van der Waals surface area (Å²) in [4.78, 5) is 18.3. The maximum Gasteiger partial charge on any atom is 0.248 e. The van der Waals surface area contributed by atoms with Crippen molar-refractivity contribution in [3.05, 3.63) is 24.9 Å². The number of nitrogens with zero attached hydrogens (tertiary/aromatic N) is 4. The van der Waals surface area contributed by atoms with E-state index in [1.807, 2.05) is 13.1 Å². The van der Waals surface area contributed by atoms with Crippen LogP contribution in [0.2, 0.25) is 0 Å². The average molecular weight is 285 g/mol. The van der Waals surface area contributed by atoms with Gasteiger partial charge in [-0.05, 0) is 25.3 Å². The molecular weight excluding hydrogens is 266 g/mol. The fourth-order valence-electron chi connectivity index (χ4n) is 2.70. The Morgan fingerprint density at radius 3 is 2.86 bits per heavy atom. The van der Waals surface area contributed by atoms with E-state index in [-0.39, 0.29) is 5.91 Å². The fraction of sp³-hybridized carbons (Fsp3) is 0.400. The molecule has 2 aromatic heterocycles. The molecule has 2 aromatic rings. The van der Waals surface area contributed by atoms with Crippen LogP contribution in [-0.4, -0.2) is 33.8 Å². The molecule has 1 N–H and O–H groups in total. The number of aryl methyl sites for hydroxylation is 1. The van der Waals surface area contributed by atoms with Gasteiger partial charge < -0.3 is 10.2 Å². The summed E-state index contributed by atoms with van der Waals surface area (Å²) in [7, 11) is 1.87. The van der Waals surface area contributed by atoms with Crippen LogP contribution in [-0.2, 0) is 11.8 Å². The first-order valence-corrected chi connectivity index (χ1v) is 7.20. The first kappa shape index (κ1) is 13.6. The highest BCUT2D eigenvalue weighted by Gasteiger charge is 2.16. The quantitative estimate of drug-likeness (QED) is 0.877. The van der Waals surface area contributed by atoms with Crippen molar-refractivity contribution in [1.29, 1.82) is 0 Å². The molecule has 1 aliphatic heterocycles. The first-order valence-electron chi connectivity index (χ1n) is 7.20. The molecule has 0 radical (unpaired) electrons. The van der Waals surface area contributed by atoms with E-state index in [9.17, 15) is 4.79 Å². The molecule has 3 heterocycles. The predicted molar refractivity (Wildman–Crippen MR) is 83.4 cm³/mol. The Balaban J connectivity index is 1.96. The number of carbonyl (C=O) groups is 1. The Hall–Kier alpha value is -2.37. The third-order valence-corrected chi connectivity index (χ3v) is 3.83. The zero-order valence-corrected chi connectivity index (χ0v) is 12.2. The van der Waals surface area contributed by atoms with Crippen LogP contribution in [0.15, 0.2) is 24.9 Å². The summed E-state index contributed by atoms with van der Waals surface area (Å²) in [6.45, 7) is 5.55. The van der Waals surface area contributed by atoms with Crippen molar-refractivity contribution < 1.29 is 4.79 Å². The molecule has 0 bridgehead atoms. The van der Waals surface area contributed by atoms with Gasteiger partial charge in [-0.15, -0.1) is 0 Å². The number of hydrogen-bond donors (Lipinski definition) is 1. The van der Waals surface area contributed by atoms with E-state index in [4.69, 9.17) is 0 Å². The lowest BCUT2D eigenvalue weighted by atomic mass is 10.1. The van der Waals surface area contributed by atoms with E-state index < -0.39 is 0 Å². The van der Waals surface area contributed by atoms with E-state index in [1.165, 1.54) is 25.3 Å². The SMILES string of the molecule is C=CC(=O)Nc1nn(C)c2cc(N3CCCCC3)ncc12. The number of hydrogen-bond acceptors (Lipinski definition) is 4. The molecule has 6 nitrogen and oxygen atoms in total. The molecule has 0 unspecified atom stereocenters. The molecule has 1 aliphatic rings. The molecule has 1 amide bonds. The molecule has 0 aliphatic carbocycles. The lowest BCUT2D eigenvalue weighted by molar-refractivity contribution is -0.111. The van der Waals surface area contributed by atoms with Gasteiger partial charge in [0.15, 0.2) is 5.82 Å². The van der Waals surface area contributed by atoms with Gasteiger partial charge in [0, 0.05) is 32.4 Å². The summed E-state index contributed by atoms with van der Waals surface area (Å²) in [6, 6.07) is 2.04. The van der Waals surface area contributed by atoms with Gasteiger partial charge in [0.25, 0.3) is 0 Å². The van der Waals surface area contributed by atoms with E-state index in [2.05, 4.69) is 26.9 Å². The van der Waals surface area contributed by atoms with Crippen LogP contribution in [0.3, 0.4) is 0 Å². The van der Waals surface area contributed by atoms with E-state index in [0.29, 0.717) is 5.82 Å². The third kappa shape index (κ3) is 2.61. The van der Waals surface area contributed by atoms with Crippen molar-refractivity contribution in [3.63, 3.8) is 0 Å². The lowest BCUT2D eigenvalue weighted by Crippen LogP contribution is -2.30. The van der Waals surface area contributed by atoms with Crippen molar-refractivity contribution in [2.75, 3.05) is 23.3 Å². The number of anilines is 2. The summed E-state index contributed by atoms with van der Waals surface area (Å²) in [5, 5.41) is 7.90. The van der Waals surface area contributed by atoms with Crippen LogP contribution < -0.4 is 10.2 Å². The van der Waals surface area contributed by atoms with Gasteiger partial charge in [-0.2, -0.15) is 5.10 Å². The van der Waals surface area contributed by atoms with Crippen LogP contribution in [0, 0.1) is 0 Å². The van der Waals surface area contributed by atoms with Gasteiger partial charge in [-0.25, -0.2) is 4.98 Å². The number of aromatic nitrogens is 3. The molecule has 0 atom stereocenters. The summed E-state index contributed by atoms with van der Waals surface area (Å²) >= 11 is 0. The molecule has 110 valence electrons. The van der Waals surface area contributed by atoms with Crippen molar-refractivity contribution in [2.45, 2.75) is 19.3 Å². The Morgan fingerprint density at radius 2 is 2.14 bits per heavy atom. The number of rotatable bonds is 3. The fourth-order valence-corrected chi connectivity index (χ4v) is 2.70. The topological polar surface area (TPSA) is 63.1 Å². The van der Waals surface area contributed by atoms with E-state index in [1.54, 1.807) is 10.9 Å². The Labute approximate surface area is 123 Å². The van der Waals surface area contributed by atoms with E-state index in [0.717, 1.165) is 29.8 Å². The van der Waals surface area contributed by atoms with Gasteiger partial charge in [0.1, 0.15) is 5.82 Å². The van der Waals surface area contributed by atoms with Gasteiger partial charge in [-0.3, -0.25) is 9.48 Å². The van der Waals surface area contributed by atoms with Crippen LogP contribution in [0.4, 0.5) is 11.6 Å². The molecule has 0 spiro atoms. The summed E-state index contributed by atoms with van der Waals surface area (Å²) in [5.74, 6) is 1.23. The summed E-state index contributed by atoms with van der Waals surface area (Å²) in [5.41, 5.74) is 0.963. The number of nitrogens with one attached hydrogen (secondary N) is 1. The molecule has 3 rings (SSSR count). The minimum atomic E-state index is -0.268. The third-order valence-electron chi connectivity index (χ3n) is 3.83. The maximum absolute atomic E-state index is 11.4. The van der Waals surface area contributed by atoms with Crippen molar-refractivity contribution in [2.24, 2.45) is 7.05 Å². The lowest BCUT2D eigenvalue weighted by Gasteiger charge is -2.27. The number of amides is 1. The second-order valence-corrected chi connectivity index (χ2v) is 5.27. The normalized spacial score (nSPS) is 15.2. The molecule has 21 heavy (non-hydrogen) atoms. The van der Waals surface area contributed by atoms with Gasteiger partial charge in [-0.1, -0.05) is 6.58 Å². The zero-order valence-electron chi connectivity index (χ0n) is 12.2. The van der Waals surface area contributed by atoms with Gasteiger partial charge in [0.2, 0.25) is 5.91 Å². The summed E-state index contributed by atoms with van der Waals surface area (Å²) in [6.07, 6.45) is 6.74. The minimum Gasteiger partial charge on any atom is -0.357 e. The molecule has 1 saturated heterocycles. The zero-order chi connectivity index (χ0) is 14.8. The first-order chi connectivity index (χ1) is 10.2. The summed E-state index contributed by atoms with van der Waals surface area (Å²) < 4.78 is 1.77. The Morgan fingerprint density at radius 1 is 1.38 bits per heavy atom. The number of piperidine rings is 1. The number of pyridine rings is 1. The molecule has 6 heteroatoms. The second kappa shape index (κ2) is 5.55. The average Bonchev–Trinajstić information content (AvgIpc) is 2.84. The minimum absolute atomic E-state index is 0.268. The largest absolute Gasteiger partial charge is 0.357 e. The van der Waals surface area contributed by atoms with Crippen molar-refractivity contribution >= 4 is 28.4 Å². The van der Waals surface area contributed by atoms with Crippen LogP contribution in [0.5, 0.6) is 0 Å². The predicted octanol–water partition coefficient (Wildman–Crippen LogP) is 2.08. The Bertz CT molecular complexity index is 685. The van der Waals surface area contributed by atoms with E-state index >= 15 is 0 Å². The van der Waals surface area contributed by atoms with Crippen LogP contribution in [0.25, 0.3) is 10.9 Å². The van der Waals surface area contributed by atoms with Crippen LogP contribution in [0.1, 0.15) is 19.3 Å². The van der Waals surface area contributed by atoms with Crippen molar-refractivity contribution in [3.8, 4) is 0 Å². The highest BCUT2D eigenvalue weighted by atomic mass is 16.1. The van der Waals surface area contributed by atoms with Crippen molar-refractivity contribution in [1.82, 2.24) is 14.8 Å². The maximum atomic E-state index is 11.4. The second-order valence-electron chi connectivity index (χ2n) is 5.27. The number of carbonyl (C=O) groups excluding carboxylic acids is 1. The highest BCUT2D eigenvalue weighted by Crippen LogP contribution is 2.26. The Kier molecular flexibility index (Phi) is 3.60. The molecular formula is C15H19N5O. The molecule has 0 aromatic carbocycles. The highest BCUT2D eigenvalue weighted by molar-refractivity contribution is 6.04. The van der Waals surface area contributed by atoms with Gasteiger partial charge >= 0.3 is 0 Å². The molecule has 0 saturated carbocycles. The standard InChI is InChI=1S/C15H19N5O/c1-3-14(21)17-15-11-10-16-13(9-12(11)19(2)18-15)20-7-5-4-6-8-20/h3,9-10H,1,4-8H2,2H3,(H,17,18,21). The van der Waals surface area contributed by atoms with Crippen LogP contribution >= 0.6 is 0 Å². The molecule has 1 fully saturated rings. The van der Waals surface area contributed by atoms with Gasteiger partial charge in [0.05, 0.1) is 10.9 Å².